The monoisotopic (exact) mass is 591 g/mol. The standard InChI is InChI=1S/C28H30ClN9O2S/c1-16(30-2)26(39)37-10-9-17(14-37)11-33-27(40)35-28-34-21-8-7-19-23(18-12-31-15-32-13-18)36-38(24(19)25(21)41-28)22-6-4-3-5-20(22)29/h3-6,12-13,15-17,30H,7-11,14H2,1-2H3,(H2,33,34,35,40)/t16-,17-/m1/s1. The Kier molecular flexibility index (Phi) is 7.69. The summed E-state index contributed by atoms with van der Waals surface area (Å²) in [4.78, 5) is 41.2. The van der Waals surface area contributed by atoms with Crippen LogP contribution in [-0.4, -0.2) is 74.3 Å². The van der Waals surface area contributed by atoms with E-state index in [-0.39, 0.29) is 23.9 Å². The highest BCUT2D eigenvalue weighted by Gasteiger charge is 2.31. The van der Waals surface area contributed by atoms with Crippen molar-refractivity contribution in [3.8, 4) is 27.5 Å². The van der Waals surface area contributed by atoms with Crippen molar-refractivity contribution in [1.29, 1.82) is 0 Å². The molecule has 4 heterocycles. The number of para-hydroxylation sites is 1. The summed E-state index contributed by atoms with van der Waals surface area (Å²) in [6.45, 7) is 3.69. The zero-order valence-corrected chi connectivity index (χ0v) is 24.3. The van der Waals surface area contributed by atoms with Crippen LogP contribution in [0.5, 0.6) is 0 Å². The minimum atomic E-state index is -0.313. The van der Waals surface area contributed by atoms with Gasteiger partial charge >= 0.3 is 6.03 Å². The van der Waals surface area contributed by atoms with Gasteiger partial charge in [-0.1, -0.05) is 35.1 Å². The van der Waals surface area contributed by atoms with Gasteiger partial charge in [-0.15, -0.1) is 0 Å². The van der Waals surface area contributed by atoms with Crippen molar-refractivity contribution in [3.05, 3.63) is 59.3 Å². The van der Waals surface area contributed by atoms with Gasteiger partial charge in [-0.2, -0.15) is 5.10 Å². The van der Waals surface area contributed by atoms with Crippen LogP contribution in [-0.2, 0) is 17.6 Å². The number of urea groups is 1. The fourth-order valence-corrected chi connectivity index (χ4v) is 6.63. The van der Waals surface area contributed by atoms with E-state index in [0.717, 1.165) is 51.6 Å². The van der Waals surface area contributed by atoms with E-state index in [9.17, 15) is 9.59 Å². The average molecular weight is 592 g/mol. The number of benzene rings is 1. The first-order valence-electron chi connectivity index (χ1n) is 13.6. The van der Waals surface area contributed by atoms with Crippen LogP contribution >= 0.6 is 22.9 Å². The third kappa shape index (κ3) is 5.42. The molecule has 1 aliphatic heterocycles. The SMILES string of the molecule is CN[C@H](C)C(=O)N1CC[C@H](CNC(=O)Nc2nc3c(s2)-c2c(c(-c4cncnc4)nn2-c2ccccc2Cl)CC3)C1. The number of amides is 3. The normalized spacial score (nSPS) is 16.7. The van der Waals surface area contributed by atoms with Crippen LogP contribution in [0, 0.1) is 5.92 Å². The number of aromatic nitrogens is 5. The lowest BCUT2D eigenvalue weighted by atomic mass is 9.96. The number of fused-ring (bicyclic) bond motifs is 3. The van der Waals surface area contributed by atoms with Crippen molar-refractivity contribution >= 4 is 40.0 Å². The molecule has 41 heavy (non-hydrogen) atoms. The summed E-state index contributed by atoms with van der Waals surface area (Å²) in [5.74, 6) is 0.303. The average Bonchev–Trinajstić information content (AvgIpc) is 3.72. The number of aryl methyl sites for hydroxylation is 1. The van der Waals surface area contributed by atoms with E-state index in [4.69, 9.17) is 21.7 Å². The van der Waals surface area contributed by atoms with Crippen molar-refractivity contribution in [2.45, 2.75) is 32.2 Å². The molecule has 1 saturated heterocycles. The number of anilines is 1. The molecule has 0 unspecified atom stereocenters. The zero-order chi connectivity index (χ0) is 28.5. The van der Waals surface area contributed by atoms with E-state index >= 15 is 0 Å². The highest BCUT2D eigenvalue weighted by Crippen LogP contribution is 2.44. The van der Waals surface area contributed by atoms with Crippen LogP contribution in [0.1, 0.15) is 24.6 Å². The predicted molar refractivity (Wildman–Crippen MR) is 158 cm³/mol. The topological polar surface area (TPSA) is 130 Å². The van der Waals surface area contributed by atoms with E-state index in [1.807, 2.05) is 40.8 Å². The number of hydrogen-bond acceptors (Lipinski definition) is 8. The van der Waals surface area contributed by atoms with Crippen LogP contribution in [0.15, 0.2) is 43.0 Å². The molecule has 0 spiro atoms. The Morgan fingerprint density at radius 2 is 2.00 bits per heavy atom. The molecule has 3 aromatic heterocycles. The van der Waals surface area contributed by atoms with Crippen LogP contribution in [0.2, 0.25) is 5.02 Å². The number of rotatable bonds is 7. The van der Waals surface area contributed by atoms with Gasteiger partial charge in [-0.3, -0.25) is 10.1 Å². The number of nitrogens with zero attached hydrogens (tertiary/aromatic N) is 6. The summed E-state index contributed by atoms with van der Waals surface area (Å²) in [7, 11) is 1.78. The highest BCUT2D eigenvalue weighted by atomic mass is 35.5. The number of carbonyl (C=O) groups is 2. The Labute approximate surface area is 246 Å². The Morgan fingerprint density at radius 1 is 1.20 bits per heavy atom. The van der Waals surface area contributed by atoms with Gasteiger partial charge < -0.3 is 15.5 Å². The zero-order valence-electron chi connectivity index (χ0n) is 22.7. The second kappa shape index (κ2) is 11.6. The number of halogens is 1. The Morgan fingerprint density at radius 3 is 2.78 bits per heavy atom. The van der Waals surface area contributed by atoms with Gasteiger partial charge in [0, 0.05) is 43.2 Å². The second-order valence-electron chi connectivity index (χ2n) is 10.2. The van der Waals surface area contributed by atoms with Crippen LogP contribution in [0.4, 0.5) is 9.93 Å². The van der Waals surface area contributed by atoms with E-state index < -0.39 is 0 Å². The lowest BCUT2D eigenvalue weighted by Crippen LogP contribution is -2.43. The summed E-state index contributed by atoms with van der Waals surface area (Å²) >= 11 is 8.03. The lowest BCUT2D eigenvalue weighted by molar-refractivity contribution is -0.131. The molecule has 2 aliphatic rings. The molecule has 0 radical (unpaired) electrons. The molecule has 4 aromatic rings. The molecule has 1 aliphatic carbocycles. The largest absolute Gasteiger partial charge is 0.341 e. The second-order valence-corrected chi connectivity index (χ2v) is 11.7. The summed E-state index contributed by atoms with van der Waals surface area (Å²) in [6.07, 6.45) is 7.32. The van der Waals surface area contributed by atoms with Gasteiger partial charge in [0.25, 0.3) is 0 Å². The highest BCUT2D eigenvalue weighted by molar-refractivity contribution is 7.19. The Hall–Kier alpha value is -3.87. The molecule has 3 amide bonds. The van der Waals surface area contributed by atoms with Gasteiger partial charge in [0.15, 0.2) is 5.13 Å². The number of nitrogens with one attached hydrogen (secondary N) is 3. The molecule has 0 saturated carbocycles. The fraction of sp³-hybridized carbons (Fsp3) is 0.357. The maximum absolute atomic E-state index is 12.8. The van der Waals surface area contributed by atoms with Crippen LogP contribution < -0.4 is 16.0 Å². The lowest BCUT2D eigenvalue weighted by Gasteiger charge is -2.20. The number of hydrogen-bond donors (Lipinski definition) is 3. The van der Waals surface area contributed by atoms with Gasteiger partial charge in [-0.05, 0) is 51.3 Å². The summed E-state index contributed by atoms with van der Waals surface area (Å²) in [5, 5.41) is 14.9. The summed E-state index contributed by atoms with van der Waals surface area (Å²) < 4.78 is 1.86. The van der Waals surface area contributed by atoms with Crippen molar-refractivity contribution in [1.82, 2.24) is 40.3 Å². The molecule has 1 aromatic carbocycles. The molecule has 1 fully saturated rings. The molecule has 212 valence electrons. The molecule has 6 rings (SSSR count). The van der Waals surface area contributed by atoms with Crippen molar-refractivity contribution in [2.24, 2.45) is 5.92 Å². The molecule has 3 N–H and O–H groups in total. The van der Waals surface area contributed by atoms with Crippen molar-refractivity contribution < 1.29 is 9.59 Å². The first-order chi connectivity index (χ1) is 19.9. The third-order valence-corrected chi connectivity index (χ3v) is 8.93. The maximum atomic E-state index is 12.8. The van der Waals surface area contributed by atoms with Gasteiger partial charge in [-0.25, -0.2) is 24.4 Å². The van der Waals surface area contributed by atoms with Crippen LogP contribution in [0.25, 0.3) is 27.5 Å². The summed E-state index contributed by atoms with van der Waals surface area (Å²) in [5.41, 5.74) is 5.28. The molecule has 11 nitrogen and oxygen atoms in total. The van der Waals surface area contributed by atoms with E-state index in [1.54, 1.807) is 19.4 Å². The number of likely N-dealkylation sites (N-methyl/N-ethyl adjacent to an activating group) is 1. The minimum absolute atomic E-state index is 0.0890. The van der Waals surface area contributed by atoms with Crippen molar-refractivity contribution in [3.63, 3.8) is 0 Å². The van der Waals surface area contributed by atoms with Gasteiger partial charge in [0.2, 0.25) is 5.91 Å². The molecular weight excluding hydrogens is 562 g/mol. The molecular formula is C28H30ClN9O2S. The maximum Gasteiger partial charge on any atom is 0.321 e. The molecule has 0 bridgehead atoms. The third-order valence-electron chi connectivity index (χ3n) is 7.60. The molecule has 2 atom stereocenters. The minimum Gasteiger partial charge on any atom is -0.341 e. The quantitative estimate of drug-likeness (QED) is 0.298. The fourth-order valence-electron chi connectivity index (χ4n) is 5.35. The van der Waals surface area contributed by atoms with Crippen molar-refractivity contribution in [2.75, 3.05) is 32.0 Å². The first kappa shape index (κ1) is 27.3. The van der Waals surface area contributed by atoms with Crippen LogP contribution in [0.3, 0.4) is 0 Å². The number of carbonyl (C=O) groups excluding carboxylic acids is 2. The Bertz CT molecular complexity index is 1590. The summed E-state index contributed by atoms with van der Waals surface area (Å²) in [6, 6.07) is 7.05. The Balaban J connectivity index is 1.21. The van der Waals surface area contributed by atoms with E-state index in [0.29, 0.717) is 36.2 Å². The predicted octanol–water partition coefficient (Wildman–Crippen LogP) is 3.78. The molecule has 13 heteroatoms. The van der Waals surface area contributed by atoms with Gasteiger partial charge in [0.1, 0.15) is 6.33 Å². The number of likely N-dealkylation sites (tertiary alicyclic amines) is 1. The smallest absolute Gasteiger partial charge is 0.321 e. The van der Waals surface area contributed by atoms with Gasteiger partial charge in [0.05, 0.1) is 38.7 Å². The van der Waals surface area contributed by atoms with E-state index in [1.165, 1.54) is 17.7 Å². The first-order valence-corrected chi connectivity index (χ1v) is 14.8. The number of thiazole rings is 1. The van der Waals surface area contributed by atoms with E-state index in [2.05, 4.69) is 25.9 Å².